The molecule has 0 amide bonds. The van der Waals surface area contributed by atoms with Gasteiger partial charge in [0.15, 0.2) is 0 Å². The molecule has 0 aliphatic rings. The minimum Gasteiger partial charge on any atom is -0.411 e. The summed E-state index contributed by atoms with van der Waals surface area (Å²) in [6.45, 7) is 5.62. The Labute approximate surface area is 61.7 Å². The maximum Gasteiger partial charge on any atom is 0.106 e. The van der Waals surface area contributed by atoms with E-state index in [0.717, 1.165) is 6.42 Å². The molecule has 0 radical (unpaired) electrons. The standard InChI is InChI=1S/C7H15NO2/c1-5-7(3,10-4)6(2)8-9/h9H,5H2,1-4H3. The third-order valence-electron chi connectivity index (χ3n) is 2.04. The third-order valence-corrected chi connectivity index (χ3v) is 2.04. The Morgan fingerprint density at radius 1 is 1.70 bits per heavy atom. The van der Waals surface area contributed by atoms with Gasteiger partial charge < -0.3 is 9.94 Å². The molecule has 10 heavy (non-hydrogen) atoms. The fourth-order valence-electron chi connectivity index (χ4n) is 0.654. The number of nitrogens with zero attached hydrogens (tertiary/aromatic N) is 1. The van der Waals surface area contributed by atoms with Gasteiger partial charge in [0.1, 0.15) is 5.60 Å². The smallest absolute Gasteiger partial charge is 0.106 e. The summed E-state index contributed by atoms with van der Waals surface area (Å²) < 4.78 is 5.15. The topological polar surface area (TPSA) is 41.8 Å². The molecule has 3 nitrogen and oxygen atoms in total. The molecule has 0 aromatic rings. The summed E-state index contributed by atoms with van der Waals surface area (Å²) in [5, 5.41) is 11.5. The van der Waals surface area contributed by atoms with E-state index in [0.29, 0.717) is 5.71 Å². The number of oxime groups is 1. The van der Waals surface area contributed by atoms with Gasteiger partial charge in [0.2, 0.25) is 0 Å². The number of hydrogen-bond acceptors (Lipinski definition) is 3. The maximum absolute atomic E-state index is 8.44. The minimum absolute atomic E-state index is 0.408. The zero-order chi connectivity index (χ0) is 8.20. The Bertz CT molecular complexity index is 128. The van der Waals surface area contributed by atoms with E-state index in [1.54, 1.807) is 14.0 Å². The lowest BCUT2D eigenvalue weighted by molar-refractivity contribution is 0.0596. The Hall–Kier alpha value is -0.570. The second-order valence-electron chi connectivity index (χ2n) is 2.47. The summed E-state index contributed by atoms with van der Waals surface area (Å²) in [7, 11) is 1.61. The molecule has 0 aromatic heterocycles. The van der Waals surface area contributed by atoms with Crippen molar-refractivity contribution in [2.24, 2.45) is 5.16 Å². The zero-order valence-corrected chi connectivity index (χ0v) is 7.01. The number of rotatable bonds is 3. The summed E-state index contributed by atoms with van der Waals surface area (Å²) in [6.07, 6.45) is 0.805. The van der Waals surface area contributed by atoms with Crippen LogP contribution in [0.1, 0.15) is 27.2 Å². The van der Waals surface area contributed by atoms with Gasteiger partial charge in [-0.2, -0.15) is 0 Å². The van der Waals surface area contributed by atoms with E-state index in [-0.39, 0.29) is 0 Å². The van der Waals surface area contributed by atoms with Crippen molar-refractivity contribution in [2.75, 3.05) is 7.11 Å². The van der Waals surface area contributed by atoms with Gasteiger partial charge in [-0.25, -0.2) is 0 Å². The minimum atomic E-state index is -0.408. The molecule has 0 aliphatic heterocycles. The number of ether oxygens (including phenoxy) is 1. The molecule has 3 heteroatoms. The van der Waals surface area contributed by atoms with Crippen molar-refractivity contribution >= 4 is 5.71 Å². The first-order chi connectivity index (χ1) is 4.60. The molecule has 0 aliphatic carbocycles. The van der Waals surface area contributed by atoms with Crippen LogP contribution >= 0.6 is 0 Å². The van der Waals surface area contributed by atoms with Gasteiger partial charge in [-0.1, -0.05) is 12.1 Å². The molecule has 0 spiro atoms. The molecular formula is C7H15NO2. The van der Waals surface area contributed by atoms with Crippen molar-refractivity contribution in [1.82, 2.24) is 0 Å². The second kappa shape index (κ2) is 3.56. The van der Waals surface area contributed by atoms with E-state index in [2.05, 4.69) is 5.16 Å². The highest BCUT2D eigenvalue weighted by atomic mass is 16.5. The van der Waals surface area contributed by atoms with Crippen molar-refractivity contribution in [1.29, 1.82) is 0 Å². The Balaban J connectivity index is 4.32. The summed E-state index contributed by atoms with van der Waals surface area (Å²) >= 11 is 0. The van der Waals surface area contributed by atoms with Crippen molar-refractivity contribution in [3.63, 3.8) is 0 Å². The van der Waals surface area contributed by atoms with Crippen LogP contribution in [0.4, 0.5) is 0 Å². The third kappa shape index (κ3) is 1.70. The first kappa shape index (κ1) is 9.43. The van der Waals surface area contributed by atoms with Gasteiger partial charge in [-0.3, -0.25) is 0 Å². The molecule has 0 saturated carbocycles. The van der Waals surface area contributed by atoms with E-state index in [1.165, 1.54) is 0 Å². The van der Waals surface area contributed by atoms with Gasteiger partial charge in [-0.15, -0.1) is 0 Å². The van der Waals surface area contributed by atoms with Crippen LogP contribution in [0.25, 0.3) is 0 Å². The predicted molar refractivity (Wildman–Crippen MR) is 40.6 cm³/mol. The molecule has 1 N–H and O–H groups in total. The van der Waals surface area contributed by atoms with Crippen LogP contribution in [-0.4, -0.2) is 23.6 Å². The normalized spacial score (nSPS) is 18.6. The first-order valence-corrected chi connectivity index (χ1v) is 3.35. The quantitative estimate of drug-likeness (QED) is 0.372. The maximum atomic E-state index is 8.44. The molecular weight excluding hydrogens is 130 g/mol. The molecule has 0 bridgehead atoms. The first-order valence-electron chi connectivity index (χ1n) is 3.35. The second-order valence-corrected chi connectivity index (χ2v) is 2.47. The van der Waals surface area contributed by atoms with Crippen LogP contribution in [0.5, 0.6) is 0 Å². The average molecular weight is 145 g/mol. The van der Waals surface area contributed by atoms with Gasteiger partial charge in [-0.05, 0) is 20.3 Å². The lowest BCUT2D eigenvalue weighted by Gasteiger charge is -2.24. The highest BCUT2D eigenvalue weighted by Crippen LogP contribution is 2.15. The van der Waals surface area contributed by atoms with Gasteiger partial charge in [0, 0.05) is 7.11 Å². The van der Waals surface area contributed by atoms with E-state index >= 15 is 0 Å². The zero-order valence-electron chi connectivity index (χ0n) is 7.01. The van der Waals surface area contributed by atoms with E-state index < -0.39 is 5.60 Å². The van der Waals surface area contributed by atoms with Gasteiger partial charge in [0.25, 0.3) is 0 Å². The highest BCUT2D eigenvalue weighted by molar-refractivity contribution is 5.89. The lowest BCUT2D eigenvalue weighted by atomic mass is 9.98. The molecule has 0 rings (SSSR count). The highest BCUT2D eigenvalue weighted by Gasteiger charge is 2.25. The van der Waals surface area contributed by atoms with Crippen molar-refractivity contribution in [2.45, 2.75) is 32.8 Å². The Morgan fingerprint density at radius 3 is 2.30 bits per heavy atom. The number of methoxy groups -OCH3 is 1. The van der Waals surface area contributed by atoms with Crippen LogP contribution < -0.4 is 0 Å². The van der Waals surface area contributed by atoms with Crippen molar-refractivity contribution in [3.05, 3.63) is 0 Å². The van der Waals surface area contributed by atoms with E-state index in [9.17, 15) is 0 Å². The van der Waals surface area contributed by atoms with Crippen molar-refractivity contribution in [3.8, 4) is 0 Å². The predicted octanol–water partition coefficient (Wildman–Crippen LogP) is 1.65. The molecule has 60 valence electrons. The van der Waals surface area contributed by atoms with Crippen LogP contribution in [0.15, 0.2) is 5.16 Å². The Kier molecular flexibility index (Phi) is 3.36. The molecule has 0 saturated heterocycles. The summed E-state index contributed by atoms with van der Waals surface area (Å²) in [5.74, 6) is 0. The van der Waals surface area contributed by atoms with Crippen molar-refractivity contribution < 1.29 is 9.94 Å². The molecule has 0 heterocycles. The summed E-state index contributed by atoms with van der Waals surface area (Å²) in [6, 6.07) is 0. The SMILES string of the molecule is CCC(C)(OC)C(C)=NO. The monoisotopic (exact) mass is 145 g/mol. The summed E-state index contributed by atoms with van der Waals surface area (Å²) in [4.78, 5) is 0. The fourth-order valence-corrected chi connectivity index (χ4v) is 0.654. The fraction of sp³-hybridized carbons (Fsp3) is 0.857. The molecule has 0 fully saturated rings. The van der Waals surface area contributed by atoms with E-state index in [1.807, 2.05) is 13.8 Å². The van der Waals surface area contributed by atoms with Gasteiger partial charge >= 0.3 is 0 Å². The van der Waals surface area contributed by atoms with E-state index in [4.69, 9.17) is 9.94 Å². The Morgan fingerprint density at radius 2 is 2.20 bits per heavy atom. The molecule has 0 aromatic carbocycles. The average Bonchev–Trinajstić information content (AvgIpc) is 2.01. The van der Waals surface area contributed by atoms with Crippen LogP contribution in [0.3, 0.4) is 0 Å². The van der Waals surface area contributed by atoms with Crippen LogP contribution in [-0.2, 0) is 4.74 Å². The largest absolute Gasteiger partial charge is 0.411 e. The summed E-state index contributed by atoms with van der Waals surface area (Å²) in [5.41, 5.74) is 0.201. The molecule has 1 atom stereocenters. The van der Waals surface area contributed by atoms with Crippen LogP contribution in [0, 0.1) is 0 Å². The van der Waals surface area contributed by atoms with Gasteiger partial charge in [0.05, 0.1) is 5.71 Å². The lowest BCUT2D eigenvalue weighted by Crippen LogP contribution is -2.34. The molecule has 1 unspecified atom stereocenters. The number of hydrogen-bond donors (Lipinski definition) is 1. The van der Waals surface area contributed by atoms with Crippen LogP contribution in [0.2, 0.25) is 0 Å².